The van der Waals surface area contributed by atoms with Crippen molar-refractivity contribution in [3.63, 3.8) is 0 Å². The van der Waals surface area contributed by atoms with Crippen molar-refractivity contribution in [1.29, 1.82) is 0 Å². The summed E-state index contributed by atoms with van der Waals surface area (Å²) in [6.45, 7) is 10.5. The van der Waals surface area contributed by atoms with Crippen LogP contribution in [-0.2, 0) is 4.79 Å². The van der Waals surface area contributed by atoms with E-state index >= 15 is 0 Å². The van der Waals surface area contributed by atoms with E-state index in [9.17, 15) is 9.90 Å². The molecule has 98 valence electrons. The van der Waals surface area contributed by atoms with Crippen LogP contribution in [0.25, 0.3) is 0 Å². The highest BCUT2D eigenvalue weighted by molar-refractivity contribution is 5.74. The lowest BCUT2D eigenvalue weighted by molar-refractivity contribution is -0.147. The molecule has 17 heavy (non-hydrogen) atoms. The number of aliphatic carboxylic acids is 1. The van der Waals surface area contributed by atoms with Gasteiger partial charge in [-0.3, -0.25) is 9.69 Å². The van der Waals surface area contributed by atoms with E-state index in [1.54, 1.807) is 0 Å². The van der Waals surface area contributed by atoms with E-state index in [-0.39, 0.29) is 0 Å². The van der Waals surface area contributed by atoms with Crippen LogP contribution in [0.5, 0.6) is 0 Å². The van der Waals surface area contributed by atoms with Crippen molar-refractivity contribution in [2.75, 3.05) is 13.1 Å². The lowest BCUT2D eigenvalue weighted by Gasteiger charge is -2.29. The van der Waals surface area contributed by atoms with Crippen LogP contribution < -0.4 is 0 Å². The maximum absolute atomic E-state index is 11.3. The van der Waals surface area contributed by atoms with Gasteiger partial charge in [-0.15, -0.1) is 0 Å². The molecule has 2 rings (SSSR count). The molecule has 0 aromatic heterocycles. The van der Waals surface area contributed by atoms with Gasteiger partial charge in [-0.05, 0) is 44.1 Å². The smallest absolute Gasteiger partial charge is 0.310 e. The summed E-state index contributed by atoms with van der Waals surface area (Å²) in [6.07, 6.45) is 3.27. The maximum Gasteiger partial charge on any atom is 0.310 e. The van der Waals surface area contributed by atoms with Crippen LogP contribution in [0.2, 0.25) is 0 Å². The fraction of sp³-hybridized carbons (Fsp3) is 0.929. The van der Waals surface area contributed by atoms with Gasteiger partial charge in [-0.1, -0.05) is 20.8 Å². The molecule has 1 aliphatic carbocycles. The van der Waals surface area contributed by atoms with Crippen molar-refractivity contribution >= 4 is 5.97 Å². The van der Waals surface area contributed by atoms with Crippen LogP contribution in [0.4, 0.5) is 0 Å². The fourth-order valence-corrected chi connectivity index (χ4v) is 3.80. The van der Waals surface area contributed by atoms with E-state index in [4.69, 9.17) is 0 Å². The molecule has 1 N–H and O–H groups in total. The highest BCUT2D eigenvalue weighted by atomic mass is 16.4. The summed E-state index contributed by atoms with van der Waals surface area (Å²) in [5.41, 5.74) is -0.0985. The molecule has 0 amide bonds. The molecule has 0 radical (unpaired) electrons. The molecule has 1 aliphatic heterocycles. The number of nitrogens with zero attached hydrogens (tertiary/aromatic N) is 1. The Bertz CT molecular complexity index is 326. The molecule has 3 atom stereocenters. The zero-order valence-corrected chi connectivity index (χ0v) is 11.5. The molecule has 3 unspecified atom stereocenters. The minimum Gasteiger partial charge on any atom is -0.481 e. The Kier molecular flexibility index (Phi) is 3.01. The molecule has 2 aliphatic rings. The summed E-state index contributed by atoms with van der Waals surface area (Å²) in [4.78, 5) is 13.7. The minimum absolute atomic E-state index is 0.423. The van der Waals surface area contributed by atoms with Crippen LogP contribution in [0, 0.1) is 16.7 Å². The van der Waals surface area contributed by atoms with Crippen molar-refractivity contribution in [2.24, 2.45) is 16.7 Å². The predicted octanol–water partition coefficient (Wildman–Crippen LogP) is 2.61. The topological polar surface area (TPSA) is 40.5 Å². The Hall–Kier alpha value is -0.570. The fourth-order valence-electron chi connectivity index (χ4n) is 3.80. The Balaban J connectivity index is 2.05. The summed E-state index contributed by atoms with van der Waals surface area (Å²) >= 11 is 0. The number of hydrogen-bond acceptors (Lipinski definition) is 2. The number of carboxylic acid groups (broad SMARTS) is 1. The second-order valence-corrected chi connectivity index (χ2v) is 7.20. The van der Waals surface area contributed by atoms with Crippen LogP contribution in [0.1, 0.15) is 47.0 Å². The Morgan fingerprint density at radius 3 is 2.35 bits per heavy atom. The number of likely N-dealkylation sites (tertiary alicyclic amines) is 1. The zero-order chi connectivity index (χ0) is 12.8. The van der Waals surface area contributed by atoms with E-state index in [2.05, 4.69) is 25.7 Å². The van der Waals surface area contributed by atoms with E-state index in [0.29, 0.717) is 17.4 Å². The van der Waals surface area contributed by atoms with Gasteiger partial charge in [0.25, 0.3) is 0 Å². The van der Waals surface area contributed by atoms with Crippen molar-refractivity contribution in [2.45, 2.75) is 53.0 Å². The third kappa shape index (κ3) is 2.35. The lowest BCUT2D eigenvalue weighted by atomic mass is 9.90. The Morgan fingerprint density at radius 1 is 1.29 bits per heavy atom. The van der Waals surface area contributed by atoms with Gasteiger partial charge in [0, 0.05) is 12.6 Å². The number of rotatable bonds is 2. The normalized spacial score (nSPS) is 41.9. The average molecular weight is 239 g/mol. The van der Waals surface area contributed by atoms with E-state index in [0.717, 1.165) is 19.5 Å². The lowest BCUT2D eigenvalue weighted by Crippen LogP contribution is -2.39. The van der Waals surface area contributed by atoms with E-state index in [1.807, 2.05) is 6.92 Å². The molecule has 0 bridgehead atoms. The third-order valence-electron chi connectivity index (χ3n) is 4.78. The first kappa shape index (κ1) is 12.9. The van der Waals surface area contributed by atoms with Gasteiger partial charge in [0.05, 0.1) is 5.41 Å². The second kappa shape index (κ2) is 3.98. The molecule has 0 spiro atoms. The van der Waals surface area contributed by atoms with Crippen molar-refractivity contribution in [3.8, 4) is 0 Å². The standard InChI is InChI=1S/C14H25NO2/c1-10-7-13(2,3)8-11(10)15-6-5-14(4,9-15)12(16)17/h10-11H,5-9H2,1-4H3,(H,16,17). The van der Waals surface area contributed by atoms with Gasteiger partial charge in [0.15, 0.2) is 0 Å². The summed E-state index contributed by atoms with van der Waals surface area (Å²) in [5, 5.41) is 9.28. The summed E-state index contributed by atoms with van der Waals surface area (Å²) in [6, 6.07) is 0.589. The molecule has 2 fully saturated rings. The van der Waals surface area contributed by atoms with Crippen LogP contribution in [-0.4, -0.2) is 35.1 Å². The molecule has 0 aromatic rings. The molecule has 1 saturated heterocycles. The number of carbonyl (C=O) groups is 1. The first-order chi connectivity index (χ1) is 7.73. The number of carboxylic acids is 1. The van der Waals surface area contributed by atoms with E-state index in [1.165, 1.54) is 12.8 Å². The quantitative estimate of drug-likeness (QED) is 0.805. The van der Waals surface area contributed by atoms with Crippen LogP contribution in [0.15, 0.2) is 0 Å². The molecule has 3 nitrogen and oxygen atoms in total. The molecular formula is C14H25NO2. The molecule has 0 aromatic carbocycles. The van der Waals surface area contributed by atoms with Gasteiger partial charge in [0.2, 0.25) is 0 Å². The van der Waals surface area contributed by atoms with Crippen LogP contribution >= 0.6 is 0 Å². The van der Waals surface area contributed by atoms with Gasteiger partial charge in [-0.25, -0.2) is 0 Å². The first-order valence-corrected chi connectivity index (χ1v) is 6.71. The third-order valence-corrected chi connectivity index (χ3v) is 4.78. The van der Waals surface area contributed by atoms with E-state index < -0.39 is 11.4 Å². The SMILES string of the molecule is CC1CC(C)(C)CC1N1CCC(C)(C(=O)O)C1. The first-order valence-electron chi connectivity index (χ1n) is 6.71. The highest BCUT2D eigenvalue weighted by Crippen LogP contribution is 2.45. The average Bonchev–Trinajstić information content (AvgIpc) is 2.68. The predicted molar refractivity (Wildman–Crippen MR) is 67.9 cm³/mol. The Labute approximate surface area is 104 Å². The monoisotopic (exact) mass is 239 g/mol. The molecular weight excluding hydrogens is 214 g/mol. The minimum atomic E-state index is -0.634. The Morgan fingerprint density at radius 2 is 1.94 bits per heavy atom. The van der Waals surface area contributed by atoms with Gasteiger partial charge in [0.1, 0.15) is 0 Å². The van der Waals surface area contributed by atoms with Gasteiger partial charge in [-0.2, -0.15) is 0 Å². The summed E-state index contributed by atoms with van der Waals surface area (Å²) < 4.78 is 0. The second-order valence-electron chi connectivity index (χ2n) is 7.20. The molecule has 1 saturated carbocycles. The number of hydrogen-bond donors (Lipinski definition) is 1. The van der Waals surface area contributed by atoms with Crippen molar-refractivity contribution in [1.82, 2.24) is 4.90 Å². The molecule has 3 heteroatoms. The van der Waals surface area contributed by atoms with Crippen molar-refractivity contribution < 1.29 is 9.90 Å². The van der Waals surface area contributed by atoms with Crippen LogP contribution in [0.3, 0.4) is 0 Å². The van der Waals surface area contributed by atoms with Gasteiger partial charge >= 0.3 is 5.97 Å². The highest BCUT2D eigenvalue weighted by Gasteiger charge is 2.47. The largest absolute Gasteiger partial charge is 0.481 e. The van der Waals surface area contributed by atoms with Gasteiger partial charge < -0.3 is 5.11 Å². The van der Waals surface area contributed by atoms with Crippen molar-refractivity contribution in [3.05, 3.63) is 0 Å². The zero-order valence-electron chi connectivity index (χ0n) is 11.5. The summed E-state index contributed by atoms with van der Waals surface area (Å²) in [5.74, 6) is 0.0612. The molecule has 1 heterocycles. The maximum atomic E-state index is 11.3. The summed E-state index contributed by atoms with van der Waals surface area (Å²) in [7, 11) is 0.